The number of quaternary nitrogens is 1. The zero-order valence-electron chi connectivity index (χ0n) is 13.4. The Balaban J connectivity index is 1.71. The molecule has 1 fully saturated rings. The number of rotatable bonds is 4. The normalized spacial score (nSPS) is 23.6. The molecule has 0 unspecified atom stereocenters. The highest BCUT2D eigenvalue weighted by molar-refractivity contribution is 8.00. The lowest BCUT2D eigenvalue weighted by molar-refractivity contribution is -0.409. The molecule has 1 saturated heterocycles. The lowest BCUT2D eigenvalue weighted by Gasteiger charge is -2.49. The number of nitrogens with one attached hydrogen (secondary N) is 1. The predicted molar refractivity (Wildman–Crippen MR) is 89.1 cm³/mol. The van der Waals surface area contributed by atoms with Crippen molar-refractivity contribution in [3.63, 3.8) is 0 Å². The standard InChI is InChI=1S/C16H17N3O5S/c1-7-6-25-15-11(14(22)19(15)12(7)16(23)24)18-13(21)10(17)8-2-4-9(20)5-3-8/h2-5,10-11,15,20H,6,17H2,1H3,(H,18,21)(H,23,24)/p+1/t10-,11-,15-/m1/s1. The first-order valence-electron chi connectivity index (χ1n) is 7.61. The van der Waals surface area contributed by atoms with E-state index in [1.54, 1.807) is 19.1 Å². The van der Waals surface area contributed by atoms with Crippen LogP contribution in [0.25, 0.3) is 0 Å². The maximum absolute atomic E-state index is 12.4. The number of thioether (sulfide) groups is 1. The molecule has 2 amide bonds. The number of nitrogens with zero attached hydrogens (tertiary/aromatic N) is 1. The summed E-state index contributed by atoms with van der Waals surface area (Å²) in [5.74, 6) is -1.41. The Morgan fingerprint density at radius 3 is 2.60 bits per heavy atom. The van der Waals surface area contributed by atoms with Crippen LogP contribution >= 0.6 is 11.8 Å². The number of hydrogen-bond acceptors (Lipinski definition) is 5. The van der Waals surface area contributed by atoms with Crippen molar-refractivity contribution in [1.82, 2.24) is 10.2 Å². The van der Waals surface area contributed by atoms with Gasteiger partial charge >= 0.3 is 5.97 Å². The number of carboxylic acids is 1. The molecule has 2 heterocycles. The molecule has 1 aromatic carbocycles. The third-order valence-corrected chi connectivity index (χ3v) is 5.70. The molecule has 0 aromatic heterocycles. The van der Waals surface area contributed by atoms with E-state index in [1.807, 2.05) is 0 Å². The number of fused-ring (bicyclic) bond motifs is 1. The van der Waals surface area contributed by atoms with Gasteiger partial charge in [0.1, 0.15) is 22.9 Å². The Hall–Kier alpha value is -2.52. The Bertz CT molecular complexity index is 776. The quantitative estimate of drug-likeness (QED) is 0.529. The molecule has 3 rings (SSSR count). The number of carboxylic acid groups (broad SMARTS) is 1. The van der Waals surface area contributed by atoms with Crippen molar-refractivity contribution in [1.29, 1.82) is 0 Å². The highest BCUT2D eigenvalue weighted by atomic mass is 32.2. The maximum Gasteiger partial charge on any atom is 0.352 e. The van der Waals surface area contributed by atoms with E-state index < -0.39 is 35.2 Å². The monoisotopic (exact) mass is 364 g/mol. The molecule has 3 atom stereocenters. The molecule has 6 N–H and O–H groups in total. The number of amides is 2. The lowest BCUT2D eigenvalue weighted by Crippen LogP contribution is -2.72. The predicted octanol–water partition coefficient (Wildman–Crippen LogP) is -0.566. The number of aromatic hydroxyl groups is 1. The lowest BCUT2D eigenvalue weighted by atomic mass is 10.0. The van der Waals surface area contributed by atoms with E-state index in [-0.39, 0.29) is 11.4 Å². The molecule has 2 aliphatic rings. The average Bonchev–Trinajstić information content (AvgIpc) is 2.58. The van der Waals surface area contributed by atoms with Crippen LogP contribution < -0.4 is 11.1 Å². The van der Waals surface area contributed by atoms with Crippen LogP contribution in [-0.2, 0) is 14.4 Å². The molecule has 9 heteroatoms. The maximum atomic E-state index is 12.4. The second-order valence-electron chi connectivity index (χ2n) is 5.97. The van der Waals surface area contributed by atoms with E-state index in [4.69, 9.17) is 0 Å². The molecule has 0 saturated carbocycles. The van der Waals surface area contributed by atoms with Crippen LogP contribution in [0.3, 0.4) is 0 Å². The summed E-state index contributed by atoms with van der Waals surface area (Å²) in [6.45, 7) is 1.68. The summed E-state index contributed by atoms with van der Waals surface area (Å²) in [4.78, 5) is 37.3. The molecule has 0 spiro atoms. The van der Waals surface area contributed by atoms with Crippen molar-refractivity contribution in [3.05, 3.63) is 41.1 Å². The molecular weight excluding hydrogens is 346 g/mol. The van der Waals surface area contributed by atoms with Crippen LogP contribution in [0.4, 0.5) is 0 Å². The van der Waals surface area contributed by atoms with Crippen molar-refractivity contribution in [3.8, 4) is 5.75 Å². The van der Waals surface area contributed by atoms with Gasteiger partial charge in [0, 0.05) is 11.3 Å². The topological polar surface area (TPSA) is 135 Å². The smallest absolute Gasteiger partial charge is 0.352 e. The Morgan fingerprint density at radius 2 is 2.00 bits per heavy atom. The van der Waals surface area contributed by atoms with Gasteiger partial charge in [-0.25, -0.2) is 4.79 Å². The van der Waals surface area contributed by atoms with Crippen LogP contribution in [0, 0.1) is 0 Å². The molecule has 2 aliphatic heterocycles. The molecule has 1 aromatic rings. The van der Waals surface area contributed by atoms with Crippen LogP contribution in [0.5, 0.6) is 5.75 Å². The van der Waals surface area contributed by atoms with Gasteiger partial charge in [-0.3, -0.25) is 14.5 Å². The summed E-state index contributed by atoms with van der Waals surface area (Å²) >= 11 is 1.42. The van der Waals surface area contributed by atoms with E-state index in [0.717, 1.165) is 0 Å². The highest BCUT2D eigenvalue weighted by Crippen LogP contribution is 2.40. The molecule has 0 radical (unpaired) electrons. The Labute approximate surface area is 147 Å². The minimum atomic E-state index is -1.14. The molecule has 0 aliphatic carbocycles. The first kappa shape index (κ1) is 17.3. The number of hydrogen-bond donors (Lipinski definition) is 4. The number of β-lactam (4-membered cyclic amide) rings is 1. The van der Waals surface area contributed by atoms with Gasteiger partial charge in [0.25, 0.3) is 11.8 Å². The third kappa shape index (κ3) is 2.96. The van der Waals surface area contributed by atoms with Gasteiger partial charge in [-0.1, -0.05) is 0 Å². The SMILES string of the molecule is CC1=C(C(=O)O)N2C(=O)[C@@H](NC(=O)[C@H]([NH3+])c3ccc(O)cc3)[C@H]2SC1. The highest BCUT2D eigenvalue weighted by Gasteiger charge is 2.54. The minimum Gasteiger partial charge on any atom is -0.508 e. The van der Waals surface area contributed by atoms with Crippen molar-refractivity contribution >= 4 is 29.5 Å². The van der Waals surface area contributed by atoms with Crippen LogP contribution in [0.15, 0.2) is 35.5 Å². The molecule has 8 nitrogen and oxygen atoms in total. The van der Waals surface area contributed by atoms with Crippen molar-refractivity contribution < 1.29 is 30.3 Å². The van der Waals surface area contributed by atoms with Gasteiger partial charge in [0.15, 0.2) is 6.04 Å². The van der Waals surface area contributed by atoms with Crippen LogP contribution in [-0.4, -0.2) is 50.1 Å². The van der Waals surface area contributed by atoms with Gasteiger partial charge in [-0.15, -0.1) is 11.8 Å². The second kappa shape index (κ2) is 6.41. The van der Waals surface area contributed by atoms with Gasteiger partial charge < -0.3 is 21.3 Å². The fraction of sp³-hybridized carbons (Fsp3) is 0.312. The van der Waals surface area contributed by atoms with Gasteiger partial charge in [0.05, 0.1) is 0 Å². The third-order valence-electron chi connectivity index (χ3n) is 4.27. The molecule has 25 heavy (non-hydrogen) atoms. The van der Waals surface area contributed by atoms with Gasteiger partial charge in [-0.2, -0.15) is 0 Å². The van der Waals surface area contributed by atoms with Crippen molar-refractivity contribution in [2.75, 3.05) is 5.75 Å². The molecule has 132 valence electrons. The minimum absolute atomic E-state index is 0.00366. The van der Waals surface area contributed by atoms with E-state index in [1.165, 1.54) is 28.8 Å². The van der Waals surface area contributed by atoms with Gasteiger partial charge in [0.2, 0.25) is 0 Å². The van der Waals surface area contributed by atoms with Crippen LogP contribution in [0.1, 0.15) is 18.5 Å². The largest absolute Gasteiger partial charge is 0.508 e. The molecular formula is C16H18N3O5S+. The fourth-order valence-electron chi connectivity index (χ4n) is 2.89. The summed E-state index contributed by atoms with van der Waals surface area (Å²) in [6, 6.07) is 4.59. The summed E-state index contributed by atoms with van der Waals surface area (Å²) < 4.78 is 0. The second-order valence-corrected chi connectivity index (χ2v) is 7.08. The Morgan fingerprint density at radius 1 is 1.36 bits per heavy atom. The first-order valence-corrected chi connectivity index (χ1v) is 8.66. The number of carbonyl (C=O) groups is 3. The summed E-state index contributed by atoms with van der Waals surface area (Å²) in [6.07, 6.45) is 0. The summed E-state index contributed by atoms with van der Waals surface area (Å²) in [5, 5.41) is 20.8. The average molecular weight is 364 g/mol. The number of phenols is 1. The van der Waals surface area contributed by atoms with Crippen molar-refractivity contribution in [2.24, 2.45) is 0 Å². The number of benzene rings is 1. The first-order chi connectivity index (χ1) is 11.8. The zero-order chi connectivity index (χ0) is 18.3. The summed E-state index contributed by atoms with van der Waals surface area (Å²) in [5.41, 5.74) is 5.05. The Kier molecular flexibility index (Phi) is 4.44. The number of phenolic OH excluding ortho intramolecular Hbond substituents is 1. The van der Waals surface area contributed by atoms with Crippen molar-refractivity contribution in [2.45, 2.75) is 24.4 Å². The number of aliphatic carboxylic acids is 1. The summed E-state index contributed by atoms with van der Waals surface area (Å²) in [7, 11) is 0. The molecule has 0 bridgehead atoms. The van der Waals surface area contributed by atoms with E-state index in [0.29, 0.717) is 16.9 Å². The number of carbonyl (C=O) groups excluding carboxylic acids is 2. The fourth-order valence-corrected chi connectivity index (χ4v) is 4.18. The zero-order valence-corrected chi connectivity index (χ0v) is 14.2. The van der Waals surface area contributed by atoms with Crippen LogP contribution in [0.2, 0.25) is 0 Å². The van der Waals surface area contributed by atoms with E-state index in [9.17, 15) is 24.6 Å². The van der Waals surface area contributed by atoms with Gasteiger partial charge in [-0.05, 0) is 36.8 Å². The van der Waals surface area contributed by atoms with E-state index >= 15 is 0 Å². The van der Waals surface area contributed by atoms with E-state index in [2.05, 4.69) is 11.1 Å².